The molecule has 1 amide bonds. The van der Waals surface area contributed by atoms with Crippen molar-refractivity contribution in [3.8, 4) is 0 Å². The van der Waals surface area contributed by atoms with E-state index in [2.05, 4.69) is 16.3 Å². The fraction of sp³-hybridized carbons (Fsp3) is 0.286. The molecule has 3 aromatic rings. The second-order valence-corrected chi connectivity index (χ2v) is 6.53. The Labute approximate surface area is 153 Å². The molecule has 136 valence electrons. The summed E-state index contributed by atoms with van der Waals surface area (Å²) >= 11 is 0. The fourth-order valence-electron chi connectivity index (χ4n) is 3.05. The Hall–Kier alpha value is -2.63. The molecule has 0 fully saturated rings. The molecule has 0 radical (unpaired) electrons. The summed E-state index contributed by atoms with van der Waals surface area (Å²) in [5, 5.41) is 3.89. The topological polar surface area (TPSA) is 54.7 Å². The van der Waals surface area contributed by atoms with E-state index in [1.807, 2.05) is 56.6 Å². The molecule has 0 saturated carbocycles. The number of furan rings is 1. The van der Waals surface area contributed by atoms with Crippen LogP contribution < -0.4 is 5.32 Å². The summed E-state index contributed by atoms with van der Waals surface area (Å²) in [4.78, 5) is 14.9. The van der Waals surface area contributed by atoms with Gasteiger partial charge in [-0.3, -0.25) is 4.79 Å². The van der Waals surface area contributed by atoms with Crippen LogP contribution in [-0.4, -0.2) is 32.0 Å². The first-order chi connectivity index (χ1) is 12.6. The van der Waals surface area contributed by atoms with Gasteiger partial charge in [-0.15, -0.1) is 0 Å². The van der Waals surface area contributed by atoms with E-state index in [1.54, 1.807) is 7.11 Å². The van der Waals surface area contributed by atoms with Crippen molar-refractivity contribution in [2.24, 2.45) is 0 Å². The first kappa shape index (κ1) is 18.2. The van der Waals surface area contributed by atoms with Gasteiger partial charge in [-0.25, -0.2) is 0 Å². The number of ether oxygens (including phenoxy) is 1. The summed E-state index contributed by atoms with van der Waals surface area (Å²) in [6.45, 7) is 1.61. The van der Waals surface area contributed by atoms with Crippen molar-refractivity contribution in [1.29, 1.82) is 0 Å². The highest BCUT2D eigenvalue weighted by Crippen LogP contribution is 2.26. The predicted molar refractivity (Wildman–Crippen MR) is 102 cm³/mol. The number of carbonyl (C=O) groups excluding carboxylic acids is 1. The van der Waals surface area contributed by atoms with Crippen LogP contribution in [0.4, 0.5) is 0 Å². The van der Waals surface area contributed by atoms with Gasteiger partial charge < -0.3 is 19.4 Å². The van der Waals surface area contributed by atoms with Crippen molar-refractivity contribution < 1.29 is 13.9 Å². The molecule has 0 bridgehead atoms. The lowest BCUT2D eigenvalue weighted by atomic mass is 10.1. The number of nitrogens with one attached hydrogen (secondary N) is 1. The minimum Gasteiger partial charge on any atom is -0.451 e. The van der Waals surface area contributed by atoms with E-state index in [1.165, 1.54) is 5.56 Å². The average Bonchev–Trinajstić information content (AvgIpc) is 2.99. The molecule has 2 aromatic carbocycles. The summed E-state index contributed by atoms with van der Waals surface area (Å²) in [5.74, 6) is 0.0889. The molecule has 5 nitrogen and oxygen atoms in total. The zero-order valence-electron chi connectivity index (χ0n) is 15.4. The fourth-order valence-corrected chi connectivity index (χ4v) is 3.05. The molecule has 0 aliphatic carbocycles. The number of nitrogens with zero attached hydrogens (tertiary/aromatic N) is 1. The minimum absolute atomic E-state index is 0.229. The van der Waals surface area contributed by atoms with Crippen LogP contribution >= 0.6 is 0 Å². The van der Waals surface area contributed by atoms with Gasteiger partial charge in [0.15, 0.2) is 5.76 Å². The van der Waals surface area contributed by atoms with Crippen LogP contribution in [0.2, 0.25) is 0 Å². The third-order valence-corrected chi connectivity index (χ3v) is 4.24. The quantitative estimate of drug-likeness (QED) is 0.706. The van der Waals surface area contributed by atoms with Crippen LogP contribution in [-0.2, 0) is 24.4 Å². The van der Waals surface area contributed by atoms with E-state index < -0.39 is 0 Å². The highest BCUT2D eigenvalue weighted by atomic mass is 16.5. The van der Waals surface area contributed by atoms with E-state index in [0.29, 0.717) is 24.5 Å². The molecule has 3 rings (SSSR count). The number of methoxy groups -OCH3 is 1. The SMILES string of the molecule is COCc1c(C(=O)NCc2ccccc2CN(C)C)oc2ccccc12. The first-order valence-electron chi connectivity index (χ1n) is 8.59. The lowest BCUT2D eigenvalue weighted by Crippen LogP contribution is -2.24. The van der Waals surface area contributed by atoms with Gasteiger partial charge in [0, 0.05) is 31.1 Å². The van der Waals surface area contributed by atoms with Crippen LogP contribution in [0.5, 0.6) is 0 Å². The van der Waals surface area contributed by atoms with Crippen LogP contribution in [0, 0.1) is 0 Å². The van der Waals surface area contributed by atoms with Crippen molar-refractivity contribution in [1.82, 2.24) is 10.2 Å². The molecule has 0 aliphatic heterocycles. The van der Waals surface area contributed by atoms with Crippen LogP contribution in [0.3, 0.4) is 0 Å². The number of rotatable bonds is 7. The van der Waals surface area contributed by atoms with Crippen LogP contribution in [0.1, 0.15) is 27.2 Å². The maximum atomic E-state index is 12.7. The molecular weight excluding hydrogens is 328 g/mol. The molecule has 26 heavy (non-hydrogen) atoms. The molecule has 0 unspecified atom stereocenters. The maximum absolute atomic E-state index is 12.7. The summed E-state index contributed by atoms with van der Waals surface area (Å²) in [7, 11) is 5.67. The van der Waals surface area contributed by atoms with E-state index in [4.69, 9.17) is 9.15 Å². The number of para-hydroxylation sites is 1. The predicted octanol–water partition coefficient (Wildman–Crippen LogP) is 3.57. The molecule has 1 N–H and O–H groups in total. The Morgan fingerprint density at radius 2 is 1.77 bits per heavy atom. The number of benzene rings is 2. The van der Waals surface area contributed by atoms with Gasteiger partial charge in [-0.1, -0.05) is 42.5 Å². The van der Waals surface area contributed by atoms with Gasteiger partial charge in [0.1, 0.15) is 5.58 Å². The van der Waals surface area contributed by atoms with Gasteiger partial charge in [0.05, 0.1) is 6.61 Å². The third kappa shape index (κ3) is 3.95. The highest BCUT2D eigenvalue weighted by molar-refractivity contribution is 5.99. The standard InChI is InChI=1S/C21H24N2O3/c1-23(2)13-16-9-5-4-8-15(16)12-22-21(24)20-18(14-25-3)17-10-6-7-11-19(17)26-20/h4-11H,12-14H2,1-3H3,(H,22,24). The van der Waals surface area contributed by atoms with Gasteiger partial charge in [0.25, 0.3) is 5.91 Å². The second-order valence-electron chi connectivity index (χ2n) is 6.53. The Bertz CT molecular complexity index is 899. The largest absolute Gasteiger partial charge is 0.451 e. The number of fused-ring (bicyclic) bond motifs is 1. The zero-order valence-corrected chi connectivity index (χ0v) is 15.4. The summed E-state index contributed by atoms with van der Waals surface area (Å²) in [5.41, 5.74) is 3.76. The summed E-state index contributed by atoms with van der Waals surface area (Å²) < 4.78 is 11.1. The van der Waals surface area contributed by atoms with E-state index in [9.17, 15) is 4.79 Å². The van der Waals surface area contributed by atoms with Crippen LogP contribution in [0.25, 0.3) is 11.0 Å². The number of hydrogen-bond donors (Lipinski definition) is 1. The highest BCUT2D eigenvalue weighted by Gasteiger charge is 2.20. The molecule has 0 aliphatic rings. The molecule has 0 saturated heterocycles. The third-order valence-electron chi connectivity index (χ3n) is 4.24. The van der Waals surface area contributed by atoms with Gasteiger partial charge in [-0.2, -0.15) is 0 Å². The van der Waals surface area contributed by atoms with E-state index >= 15 is 0 Å². The number of hydrogen-bond acceptors (Lipinski definition) is 4. The van der Waals surface area contributed by atoms with Crippen molar-refractivity contribution in [2.45, 2.75) is 19.7 Å². The second kappa shape index (κ2) is 8.17. The van der Waals surface area contributed by atoms with Crippen molar-refractivity contribution >= 4 is 16.9 Å². The maximum Gasteiger partial charge on any atom is 0.287 e. The van der Waals surface area contributed by atoms with Crippen molar-refractivity contribution in [2.75, 3.05) is 21.2 Å². The van der Waals surface area contributed by atoms with E-state index in [-0.39, 0.29) is 5.91 Å². The van der Waals surface area contributed by atoms with Gasteiger partial charge in [0.2, 0.25) is 0 Å². The molecule has 0 atom stereocenters. The normalized spacial score (nSPS) is 11.2. The minimum atomic E-state index is -0.229. The Morgan fingerprint density at radius 1 is 1.08 bits per heavy atom. The number of carbonyl (C=O) groups is 1. The van der Waals surface area contributed by atoms with Crippen LogP contribution in [0.15, 0.2) is 52.9 Å². The Kier molecular flexibility index (Phi) is 5.71. The average molecular weight is 352 g/mol. The molecular formula is C21H24N2O3. The zero-order chi connectivity index (χ0) is 18.5. The molecule has 5 heteroatoms. The monoisotopic (exact) mass is 352 g/mol. The Balaban J connectivity index is 1.81. The smallest absolute Gasteiger partial charge is 0.287 e. The summed E-state index contributed by atoms with van der Waals surface area (Å²) in [6, 6.07) is 15.7. The molecule has 1 aromatic heterocycles. The van der Waals surface area contributed by atoms with Crippen molar-refractivity contribution in [3.05, 3.63) is 71.0 Å². The van der Waals surface area contributed by atoms with Gasteiger partial charge >= 0.3 is 0 Å². The molecule has 1 heterocycles. The van der Waals surface area contributed by atoms with E-state index in [0.717, 1.165) is 23.1 Å². The first-order valence-corrected chi connectivity index (χ1v) is 8.59. The number of amides is 1. The summed E-state index contributed by atoms with van der Waals surface area (Å²) in [6.07, 6.45) is 0. The lowest BCUT2D eigenvalue weighted by molar-refractivity contribution is 0.0918. The van der Waals surface area contributed by atoms with Gasteiger partial charge in [-0.05, 0) is 31.3 Å². The molecule has 0 spiro atoms. The van der Waals surface area contributed by atoms with Crippen molar-refractivity contribution in [3.63, 3.8) is 0 Å². The Morgan fingerprint density at radius 3 is 2.50 bits per heavy atom. The lowest BCUT2D eigenvalue weighted by Gasteiger charge is -2.14.